The average molecular weight is 375 g/mol. The Balaban J connectivity index is 1.53. The summed E-state index contributed by atoms with van der Waals surface area (Å²) in [5, 5.41) is 5.10. The number of amidine groups is 1. The Kier molecular flexibility index (Phi) is 5.62. The number of halogens is 2. The zero-order valence-electron chi connectivity index (χ0n) is 13.5. The van der Waals surface area contributed by atoms with Crippen molar-refractivity contribution in [1.29, 1.82) is 0 Å². The molecule has 0 saturated carbocycles. The van der Waals surface area contributed by atoms with Crippen molar-refractivity contribution < 1.29 is 18.4 Å². The largest absolute Gasteiger partial charge is 0.326 e. The van der Waals surface area contributed by atoms with Gasteiger partial charge in [-0.1, -0.05) is 23.9 Å². The molecule has 8 heteroatoms. The van der Waals surface area contributed by atoms with Crippen LogP contribution in [0.1, 0.15) is 12.0 Å². The minimum atomic E-state index is -0.581. The Hall–Kier alpha value is -2.74. The van der Waals surface area contributed by atoms with Crippen LogP contribution in [-0.2, 0) is 16.1 Å². The molecule has 1 aliphatic rings. The highest BCUT2D eigenvalue weighted by atomic mass is 32.2. The molecule has 0 aromatic heterocycles. The van der Waals surface area contributed by atoms with Gasteiger partial charge in [-0.3, -0.25) is 14.6 Å². The number of hydrogen-bond acceptors (Lipinski definition) is 4. The van der Waals surface area contributed by atoms with Gasteiger partial charge in [0.2, 0.25) is 11.8 Å². The zero-order chi connectivity index (χ0) is 18.5. The number of carbonyl (C=O) groups excluding carboxylic acids is 2. The van der Waals surface area contributed by atoms with Gasteiger partial charge >= 0.3 is 0 Å². The predicted octanol–water partition coefficient (Wildman–Crippen LogP) is 3.08. The summed E-state index contributed by atoms with van der Waals surface area (Å²) < 4.78 is 25.7. The first-order chi connectivity index (χ1) is 12.5. The molecule has 26 heavy (non-hydrogen) atoms. The molecule has 1 aliphatic heterocycles. The van der Waals surface area contributed by atoms with Gasteiger partial charge in [0.15, 0.2) is 5.17 Å². The van der Waals surface area contributed by atoms with E-state index in [1.54, 1.807) is 12.1 Å². The summed E-state index contributed by atoms with van der Waals surface area (Å²) in [6.07, 6.45) is -0.0244. The molecule has 3 rings (SSSR count). The number of thioether (sulfide) groups is 1. The lowest BCUT2D eigenvalue weighted by Gasteiger charge is -2.07. The summed E-state index contributed by atoms with van der Waals surface area (Å²) in [5.41, 5.74) is 1.27. The molecule has 1 fully saturated rings. The van der Waals surface area contributed by atoms with Crippen LogP contribution >= 0.6 is 11.8 Å². The highest BCUT2D eigenvalue weighted by molar-refractivity contribution is 8.15. The Morgan fingerprint density at radius 1 is 1.08 bits per heavy atom. The number of nitrogens with one attached hydrogen (secondary N) is 2. The molecule has 0 spiro atoms. The lowest BCUT2D eigenvalue weighted by molar-refractivity contribution is -0.122. The fraction of sp³-hybridized carbons (Fsp3) is 0.167. The summed E-state index contributed by atoms with van der Waals surface area (Å²) in [6.45, 7) is 0.303. The first-order valence-electron chi connectivity index (χ1n) is 7.81. The normalized spacial score (nSPS) is 18.0. The molecule has 2 aromatic rings. The predicted molar refractivity (Wildman–Crippen MR) is 96.7 cm³/mol. The van der Waals surface area contributed by atoms with Gasteiger partial charge in [0.1, 0.15) is 16.9 Å². The lowest BCUT2D eigenvalue weighted by atomic mass is 10.2. The molecule has 1 saturated heterocycles. The zero-order valence-corrected chi connectivity index (χ0v) is 14.4. The highest BCUT2D eigenvalue weighted by Gasteiger charge is 2.31. The van der Waals surface area contributed by atoms with Crippen LogP contribution < -0.4 is 10.6 Å². The van der Waals surface area contributed by atoms with Crippen molar-refractivity contribution in [2.75, 3.05) is 5.32 Å². The summed E-state index contributed by atoms with van der Waals surface area (Å²) in [7, 11) is 0. The number of benzene rings is 2. The third kappa shape index (κ3) is 4.89. The van der Waals surface area contributed by atoms with Gasteiger partial charge in [-0.25, -0.2) is 8.78 Å². The minimum Gasteiger partial charge on any atom is -0.326 e. The van der Waals surface area contributed by atoms with Crippen molar-refractivity contribution >= 4 is 34.4 Å². The van der Waals surface area contributed by atoms with Gasteiger partial charge in [0.05, 0.1) is 6.54 Å². The van der Waals surface area contributed by atoms with Gasteiger partial charge in [-0.05, 0) is 42.0 Å². The third-order valence-electron chi connectivity index (χ3n) is 3.59. The van der Waals surface area contributed by atoms with E-state index in [9.17, 15) is 18.4 Å². The van der Waals surface area contributed by atoms with Crippen LogP contribution in [0.3, 0.4) is 0 Å². The number of carbonyl (C=O) groups is 2. The van der Waals surface area contributed by atoms with E-state index >= 15 is 0 Å². The van der Waals surface area contributed by atoms with Crippen molar-refractivity contribution in [1.82, 2.24) is 5.32 Å². The second-order valence-corrected chi connectivity index (χ2v) is 6.79. The maximum Gasteiger partial charge on any atom is 0.240 e. The molecule has 5 nitrogen and oxygen atoms in total. The Morgan fingerprint density at radius 3 is 2.35 bits per heavy atom. The van der Waals surface area contributed by atoms with Crippen LogP contribution in [-0.4, -0.2) is 22.2 Å². The van der Waals surface area contributed by atoms with E-state index in [0.717, 1.165) is 5.56 Å². The van der Waals surface area contributed by atoms with Gasteiger partial charge in [0.25, 0.3) is 0 Å². The van der Waals surface area contributed by atoms with Crippen LogP contribution in [0.5, 0.6) is 0 Å². The maximum atomic E-state index is 12.9. The lowest BCUT2D eigenvalue weighted by Crippen LogP contribution is -2.28. The first-order valence-corrected chi connectivity index (χ1v) is 8.69. The maximum absolute atomic E-state index is 12.9. The molecule has 0 radical (unpaired) electrons. The number of anilines is 1. The number of hydrogen-bond donors (Lipinski definition) is 2. The van der Waals surface area contributed by atoms with Gasteiger partial charge in [-0.2, -0.15) is 0 Å². The Bertz CT molecular complexity index is 839. The van der Waals surface area contributed by atoms with E-state index in [0.29, 0.717) is 17.4 Å². The molecule has 134 valence electrons. The molecule has 1 atom stereocenters. The van der Waals surface area contributed by atoms with Crippen molar-refractivity contribution in [2.45, 2.75) is 18.2 Å². The van der Waals surface area contributed by atoms with Crippen LogP contribution in [0.2, 0.25) is 0 Å². The fourth-order valence-corrected chi connectivity index (χ4v) is 3.25. The number of amides is 2. The SMILES string of the molecule is O=C(C[C@@H]1SC(=NCc2ccc(F)cc2)NC1=O)Nc1ccc(F)cc1. The van der Waals surface area contributed by atoms with Gasteiger partial charge in [0, 0.05) is 12.1 Å². The van der Waals surface area contributed by atoms with Crippen LogP contribution in [0.25, 0.3) is 0 Å². The number of rotatable bonds is 5. The Labute approximate surface area is 152 Å². The van der Waals surface area contributed by atoms with Gasteiger partial charge in [-0.15, -0.1) is 0 Å². The van der Waals surface area contributed by atoms with Crippen LogP contribution in [0.15, 0.2) is 53.5 Å². The molecule has 0 unspecified atom stereocenters. The average Bonchev–Trinajstić information content (AvgIpc) is 2.96. The summed E-state index contributed by atoms with van der Waals surface area (Å²) in [4.78, 5) is 28.3. The van der Waals surface area contributed by atoms with Crippen molar-refractivity contribution in [3.63, 3.8) is 0 Å². The fourth-order valence-electron chi connectivity index (χ4n) is 2.28. The first kappa shape index (κ1) is 18.1. The smallest absolute Gasteiger partial charge is 0.240 e. The van der Waals surface area contributed by atoms with E-state index in [1.807, 2.05) is 0 Å². The standard InChI is InChI=1S/C18H15F2N3O2S/c19-12-3-1-11(2-4-12)10-21-18-23-17(25)15(26-18)9-16(24)22-14-7-5-13(20)6-8-14/h1-8,15H,9-10H2,(H,22,24)(H,21,23,25)/t15-/m0/s1. The second-order valence-electron chi connectivity index (χ2n) is 5.60. The van der Waals surface area contributed by atoms with Crippen LogP contribution in [0.4, 0.5) is 14.5 Å². The van der Waals surface area contributed by atoms with Crippen LogP contribution in [0, 0.1) is 11.6 Å². The summed E-state index contributed by atoms with van der Waals surface area (Å²) in [6, 6.07) is 11.3. The van der Waals surface area contributed by atoms with Crippen molar-refractivity contribution in [3.8, 4) is 0 Å². The molecular formula is C18H15F2N3O2S. The Morgan fingerprint density at radius 2 is 1.69 bits per heavy atom. The topological polar surface area (TPSA) is 70.6 Å². The molecule has 2 amide bonds. The summed E-state index contributed by atoms with van der Waals surface area (Å²) in [5.74, 6) is -1.35. The molecular weight excluding hydrogens is 360 g/mol. The van der Waals surface area contributed by atoms with E-state index in [2.05, 4.69) is 15.6 Å². The van der Waals surface area contributed by atoms with E-state index in [-0.39, 0.29) is 24.1 Å². The quantitative estimate of drug-likeness (QED) is 0.844. The molecule has 2 N–H and O–H groups in total. The number of nitrogens with zero attached hydrogens (tertiary/aromatic N) is 1. The summed E-state index contributed by atoms with van der Waals surface area (Å²) >= 11 is 1.18. The van der Waals surface area contributed by atoms with Gasteiger partial charge < -0.3 is 10.6 Å². The number of aliphatic imine (C=N–C) groups is 1. The molecule has 1 heterocycles. The van der Waals surface area contributed by atoms with Crippen molar-refractivity contribution in [3.05, 3.63) is 65.7 Å². The molecule has 2 aromatic carbocycles. The second kappa shape index (κ2) is 8.09. The monoisotopic (exact) mass is 375 g/mol. The van der Waals surface area contributed by atoms with E-state index in [1.165, 1.54) is 48.2 Å². The third-order valence-corrected chi connectivity index (χ3v) is 4.71. The van der Waals surface area contributed by atoms with Crippen molar-refractivity contribution in [2.24, 2.45) is 4.99 Å². The molecule has 0 bridgehead atoms. The minimum absolute atomic E-state index is 0.0244. The highest BCUT2D eigenvalue weighted by Crippen LogP contribution is 2.23. The van der Waals surface area contributed by atoms with E-state index in [4.69, 9.17) is 0 Å². The van der Waals surface area contributed by atoms with E-state index < -0.39 is 11.1 Å². The molecule has 0 aliphatic carbocycles.